The Kier molecular flexibility index (Phi) is 5.70. The Morgan fingerprint density at radius 1 is 1.21 bits per heavy atom. The molecule has 0 radical (unpaired) electrons. The van der Waals surface area contributed by atoms with Crippen LogP contribution in [-0.4, -0.2) is 59.9 Å². The summed E-state index contributed by atoms with van der Waals surface area (Å²) in [6, 6.07) is 1.80. The molecule has 1 aromatic heterocycles. The van der Waals surface area contributed by atoms with E-state index in [1.807, 2.05) is 32.6 Å². The standard InChI is InChI=1S/C18H29N3O3/c1-6-18(4,5)19-16(22)12-20-7-9-21(10-8-20)17(23)15-11-13(2)24-14(15)3/h11H,6-10,12H2,1-5H3,(H,19,22). The predicted molar refractivity (Wildman–Crippen MR) is 93.0 cm³/mol. The first-order valence-electron chi connectivity index (χ1n) is 8.61. The summed E-state index contributed by atoms with van der Waals surface area (Å²) in [7, 11) is 0. The summed E-state index contributed by atoms with van der Waals surface area (Å²) in [5.41, 5.74) is 0.467. The maximum Gasteiger partial charge on any atom is 0.257 e. The second-order valence-electron chi connectivity index (χ2n) is 7.18. The Labute approximate surface area is 144 Å². The van der Waals surface area contributed by atoms with Crippen LogP contribution < -0.4 is 5.32 Å². The number of nitrogens with one attached hydrogen (secondary N) is 1. The molecule has 0 atom stereocenters. The maximum atomic E-state index is 12.6. The molecule has 0 unspecified atom stereocenters. The minimum atomic E-state index is -0.175. The number of aryl methyl sites for hydroxylation is 2. The molecule has 0 spiro atoms. The fraction of sp³-hybridized carbons (Fsp3) is 0.667. The van der Waals surface area contributed by atoms with Crippen LogP contribution in [0.2, 0.25) is 0 Å². The largest absolute Gasteiger partial charge is 0.466 e. The highest BCUT2D eigenvalue weighted by Crippen LogP contribution is 2.17. The van der Waals surface area contributed by atoms with E-state index in [0.717, 1.165) is 12.2 Å². The summed E-state index contributed by atoms with van der Waals surface area (Å²) in [4.78, 5) is 28.6. The number of hydrogen-bond donors (Lipinski definition) is 1. The number of rotatable bonds is 5. The molecule has 1 fully saturated rings. The van der Waals surface area contributed by atoms with Crippen LogP contribution in [0.5, 0.6) is 0 Å². The van der Waals surface area contributed by atoms with Crippen molar-refractivity contribution in [3.05, 3.63) is 23.2 Å². The number of carbonyl (C=O) groups excluding carboxylic acids is 2. The zero-order valence-electron chi connectivity index (χ0n) is 15.4. The Morgan fingerprint density at radius 2 is 1.83 bits per heavy atom. The topological polar surface area (TPSA) is 65.8 Å². The zero-order valence-corrected chi connectivity index (χ0v) is 15.4. The molecule has 1 N–H and O–H groups in total. The summed E-state index contributed by atoms with van der Waals surface area (Å²) < 4.78 is 5.45. The highest BCUT2D eigenvalue weighted by molar-refractivity contribution is 5.95. The molecule has 2 amide bonds. The minimum Gasteiger partial charge on any atom is -0.466 e. The van der Waals surface area contributed by atoms with Gasteiger partial charge in [0, 0.05) is 31.7 Å². The lowest BCUT2D eigenvalue weighted by Gasteiger charge is -2.35. The second-order valence-corrected chi connectivity index (χ2v) is 7.18. The van der Waals surface area contributed by atoms with Gasteiger partial charge in [0.1, 0.15) is 11.5 Å². The Morgan fingerprint density at radius 3 is 2.33 bits per heavy atom. The summed E-state index contributed by atoms with van der Waals surface area (Å²) in [6.45, 7) is 12.8. The smallest absolute Gasteiger partial charge is 0.257 e. The fourth-order valence-electron chi connectivity index (χ4n) is 2.83. The molecule has 2 heterocycles. The Bertz CT molecular complexity index is 599. The first-order chi connectivity index (χ1) is 11.2. The number of furan rings is 1. The van der Waals surface area contributed by atoms with Crippen LogP contribution in [0, 0.1) is 13.8 Å². The van der Waals surface area contributed by atoms with Crippen molar-refractivity contribution in [1.82, 2.24) is 15.1 Å². The third kappa shape index (κ3) is 4.60. The molecule has 6 heteroatoms. The van der Waals surface area contributed by atoms with Crippen molar-refractivity contribution in [2.24, 2.45) is 0 Å². The summed E-state index contributed by atoms with van der Waals surface area (Å²) in [5.74, 6) is 1.48. The van der Waals surface area contributed by atoms with Gasteiger partial charge in [-0.15, -0.1) is 0 Å². The quantitative estimate of drug-likeness (QED) is 0.893. The van der Waals surface area contributed by atoms with E-state index in [0.29, 0.717) is 44.0 Å². The molecule has 0 saturated carbocycles. The van der Waals surface area contributed by atoms with Gasteiger partial charge in [0.25, 0.3) is 5.91 Å². The van der Waals surface area contributed by atoms with Crippen LogP contribution in [0.25, 0.3) is 0 Å². The van der Waals surface area contributed by atoms with Gasteiger partial charge in [-0.3, -0.25) is 14.5 Å². The molecule has 24 heavy (non-hydrogen) atoms. The molecule has 134 valence electrons. The van der Waals surface area contributed by atoms with E-state index in [1.54, 1.807) is 6.07 Å². The van der Waals surface area contributed by atoms with Gasteiger partial charge in [0.15, 0.2) is 0 Å². The highest BCUT2D eigenvalue weighted by Gasteiger charge is 2.26. The Hall–Kier alpha value is -1.82. The number of hydrogen-bond acceptors (Lipinski definition) is 4. The summed E-state index contributed by atoms with van der Waals surface area (Å²) in [6.07, 6.45) is 0.893. The minimum absolute atomic E-state index is 0.0144. The molecule has 1 aliphatic rings. The number of carbonyl (C=O) groups is 2. The van der Waals surface area contributed by atoms with E-state index >= 15 is 0 Å². The first kappa shape index (κ1) is 18.5. The molecule has 6 nitrogen and oxygen atoms in total. The van der Waals surface area contributed by atoms with Gasteiger partial charge in [0.2, 0.25) is 5.91 Å². The molecule has 0 aromatic carbocycles. The average Bonchev–Trinajstić information content (AvgIpc) is 2.85. The van der Waals surface area contributed by atoms with Gasteiger partial charge in [0.05, 0.1) is 12.1 Å². The molecular formula is C18H29N3O3. The monoisotopic (exact) mass is 335 g/mol. The van der Waals surface area contributed by atoms with Crippen LogP contribution in [0.4, 0.5) is 0 Å². The van der Waals surface area contributed by atoms with Crippen molar-refractivity contribution in [2.45, 2.75) is 46.6 Å². The van der Waals surface area contributed by atoms with Crippen LogP contribution >= 0.6 is 0 Å². The third-order valence-corrected chi connectivity index (χ3v) is 4.66. The molecule has 1 aliphatic heterocycles. The lowest BCUT2D eigenvalue weighted by Crippen LogP contribution is -2.53. The molecular weight excluding hydrogens is 306 g/mol. The van der Waals surface area contributed by atoms with Crippen LogP contribution in [0.3, 0.4) is 0 Å². The summed E-state index contributed by atoms with van der Waals surface area (Å²) >= 11 is 0. The van der Waals surface area contributed by atoms with E-state index in [9.17, 15) is 9.59 Å². The number of nitrogens with zero attached hydrogens (tertiary/aromatic N) is 2. The van der Waals surface area contributed by atoms with Gasteiger partial charge in [-0.05, 0) is 40.2 Å². The van der Waals surface area contributed by atoms with E-state index in [4.69, 9.17) is 4.42 Å². The average molecular weight is 335 g/mol. The van der Waals surface area contributed by atoms with Gasteiger partial charge < -0.3 is 14.6 Å². The van der Waals surface area contributed by atoms with Gasteiger partial charge in [-0.25, -0.2) is 0 Å². The maximum absolute atomic E-state index is 12.6. The zero-order chi connectivity index (χ0) is 17.9. The third-order valence-electron chi connectivity index (χ3n) is 4.66. The van der Waals surface area contributed by atoms with Crippen molar-refractivity contribution in [1.29, 1.82) is 0 Å². The van der Waals surface area contributed by atoms with Crippen molar-refractivity contribution in [2.75, 3.05) is 32.7 Å². The van der Waals surface area contributed by atoms with E-state index in [2.05, 4.69) is 17.1 Å². The highest BCUT2D eigenvalue weighted by atomic mass is 16.3. The van der Waals surface area contributed by atoms with Crippen LogP contribution in [-0.2, 0) is 4.79 Å². The molecule has 0 bridgehead atoms. The van der Waals surface area contributed by atoms with Crippen LogP contribution in [0.1, 0.15) is 49.1 Å². The fourth-order valence-corrected chi connectivity index (χ4v) is 2.83. The Balaban J connectivity index is 1.84. The van der Waals surface area contributed by atoms with E-state index in [1.165, 1.54) is 0 Å². The van der Waals surface area contributed by atoms with Crippen molar-refractivity contribution in [3.63, 3.8) is 0 Å². The SMILES string of the molecule is CCC(C)(C)NC(=O)CN1CCN(C(=O)c2cc(C)oc2C)CC1. The van der Waals surface area contributed by atoms with Gasteiger partial charge in [-0.2, -0.15) is 0 Å². The number of amides is 2. The summed E-state index contributed by atoms with van der Waals surface area (Å²) in [5, 5.41) is 3.05. The molecule has 1 aromatic rings. The normalized spacial score (nSPS) is 16.3. The van der Waals surface area contributed by atoms with Crippen LogP contribution in [0.15, 0.2) is 10.5 Å². The number of piperazine rings is 1. The first-order valence-corrected chi connectivity index (χ1v) is 8.61. The van der Waals surface area contributed by atoms with E-state index in [-0.39, 0.29) is 17.4 Å². The lowest BCUT2D eigenvalue weighted by molar-refractivity contribution is -0.124. The molecule has 1 saturated heterocycles. The molecule has 0 aliphatic carbocycles. The lowest BCUT2D eigenvalue weighted by atomic mass is 10.0. The van der Waals surface area contributed by atoms with Crippen molar-refractivity contribution in [3.8, 4) is 0 Å². The van der Waals surface area contributed by atoms with Crippen molar-refractivity contribution >= 4 is 11.8 Å². The second kappa shape index (κ2) is 7.38. The predicted octanol–water partition coefficient (Wildman–Crippen LogP) is 1.96. The van der Waals surface area contributed by atoms with Gasteiger partial charge in [-0.1, -0.05) is 6.92 Å². The molecule has 2 rings (SSSR count). The van der Waals surface area contributed by atoms with Crippen molar-refractivity contribution < 1.29 is 14.0 Å². The van der Waals surface area contributed by atoms with E-state index < -0.39 is 0 Å². The van der Waals surface area contributed by atoms with Gasteiger partial charge >= 0.3 is 0 Å².